The van der Waals surface area contributed by atoms with Gasteiger partial charge in [-0.25, -0.2) is 9.36 Å². The topological polar surface area (TPSA) is 168 Å². The maximum absolute atomic E-state index is 12.7. The molecule has 3 N–H and O–H groups in total. The van der Waals surface area contributed by atoms with Gasteiger partial charge >= 0.3 is 21.5 Å². The fourth-order valence-corrected chi connectivity index (χ4v) is 12.3. The number of fused-ring (bicyclic) bond motifs is 5. The lowest BCUT2D eigenvalue weighted by atomic mass is 9.47. The maximum atomic E-state index is 12.7. The molecule has 1 amide bonds. The third-order valence-electron chi connectivity index (χ3n) is 14.1. The Balaban J connectivity index is 0.977. The standard InChI is InChI=1S/C44H81NO12P2/c1-34(2)13-11-14-35(3)39-17-18-40-38-16-15-36-33-37(19-21-43(36,4)41(38)20-22-44(39,40)5)57-42(46)45-23-12-24-51-27-28-52-29-30-53-31-32-56-59(49,50)55-26-10-8-7-9-25-54-58(6,47)48/h15,34-35,37-41H,7-14,16-33H2,1-6H3,(H,45,46)(H,47,48)(H,49,50)/t35-,37+,38?,39?,40?,41?,43+,44-/m1/s1. The molecule has 3 fully saturated rings. The van der Waals surface area contributed by atoms with Crippen LogP contribution in [0.4, 0.5) is 4.79 Å². The van der Waals surface area contributed by atoms with E-state index in [4.69, 9.17) is 37.4 Å². The lowest BCUT2D eigenvalue weighted by Crippen LogP contribution is -2.51. The highest BCUT2D eigenvalue weighted by Gasteiger charge is 2.59. The van der Waals surface area contributed by atoms with Gasteiger partial charge in [0.15, 0.2) is 0 Å². The van der Waals surface area contributed by atoms with Crippen molar-refractivity contribution >= 4 is 21.5 Å². The zero-order valence-electron chi connectivity index (χ0n) is 37.4. The van der Waals surface area contributed by atoms with Gasteiger partial charge in [0.1, 0.15) is 6.10 Å². The SMILES string of the molecule is CC(C)CCC[C@@H](C)C1CCC2C3CC=C4C[C@@H](OC(=O)NCCCOCCOCCOCCOP(=O)(O)OCCCCCCOP(C)(=O)O)CC[C@]4(C)C3CC[C@@]21C. The number of unbranched alkanes of at least 4 members (excludes halogenated alkanes) is 3. The number of allylic oxidation sites excluding steroid dienone is 1. The monoisotopic (exact) mass is 878 g/mol. The Labute approximate surface area is 356 Å². The van der Waals surface area contributed by atoms with Gasteiger partial charge in [0.2, 0.25) is 0 Å². The summed E-state index contributed by atoms with van der Waals surface area (Å²) in [6, 6.07) is 0. The number of hydrogen-bond donors (Lipinski definition) is 3. The average molecular weight is 878 g/mol. The van der Waals surface area contributed by atoms with E-state index in [0.717, 1.165) is 74.3 Å². The zero-order chi connectivity index (χ0) is 42.9. The number of carbonyl (C=O) groups is 1. The molecule has 0 heterocycles. The Morgan fingerprint density at radius 2 is 1.41 bits per heavy atom. The molecule has 0 aliphatic heterocycles. The maximum Gasteiger partial charge on any atom is 0.472 e. The van der Waals surface area contributed by atoms with Crippen LogP contribution >= 0.6 is 15.4 Å². The van der Waals surface area contributed by atoms with Crippen molar-refractivity contribution in [3.05, 3.63) is 11.6 Å². The predicted octanol–water partition coefficient (Wildman–Crippen LogP) is 10.1. The molecule has 59 heavy (non-hydrogen) atoms. The van der Waals surface area contributed by atoms with Crippen LogP contribution in [0, 0.1) is 46.3 Å². The molecule has 4 aliphatic carbocycles. The van der Waals surface area contributed by atoms with Crippen LogP contribution in [0.3, 0.4) is 0 Å². The Morgan fingerprint density at radius 3 is 2.08 bits per heavy atom. The summed E-state index contributed by atoms with van der Waals surface area (Å²) in [6.45, 7) is 16.3. The molecule has 4 rings (SSSR count). The summed E-state index contributed by atoms with van der Waals surface area (Å²) in [7, 11) is -7.60. The third-order valence-corrected chi connectivity index (χ3v) is 15.8. The Hall–Kier alpha value is -0.850. The van der Waals surface area contributed by atoms with Crippen LogP contribution in [0.1, 0.15) is 137 Å². The summed E-state index contributed by atoms with van der Waals surface area (Å²) >= 11 is 0. The van der Waals surface area contributed by atoms with E-state index in [0.29, 0.717) is 64.3 Å². The lowest BCUT2D eigenvalue weighted by Gasteiger charge is -2.58. The van der Waals surface area contributed by atoms with Gasteiger partial charge in [-0.05, 0) is 111 Å². The molecule has 0 spiro atoms. The molecule has 0 aromatic carbocycles. The number of phosphoric ester groups is 1. The van der Waals surface area contributed by atoms with E-state index < -0.39 is 15.4 Å². The fourth-order valence-electron chi connectivity index (χ4n) is 11.1. The first-order valence-corrected chi connectivity index (χ1v) is 26.5. The molecular formula is C44H81NO12P2. The zero-order valence-corrected chi connectivity index (χ0v) is 39.2. The highest BCUT2D eigenvalue weighted by molar-refractivity contribution is 7.51. The van der Waals surface area contributed by atoms with E-state index in [-0.39, 0.29) is 44.0 Å². The summed E-state index contributed by atoms with van der Waals surface area (Å²) in [6.07, 6.45) is 19.3. The minimum Gasteiger partial charge on any atom is -0.446 e. The van der Waals surface area contributed by atoms with Crippen molar-refractivity contribution < 1.29 is 56.2 Å². The van der Waals surface area contributed by atoms with E-state index in [1.54, 1.807) is 5.57 Å². The molecule has 0 saturated heterocycles. The van der Waals surface area contributed by atoms with Crippen molar-refractivity contribution in [2.45, 2.75) is 143 Å². The van der Waals surface area contributed by atoms with Gasteiger partial charge in [-0.3, -0.25) is 13.6 Å². The van der Waals surface area contributed by atoms with E-state index >= 15 is 0 Å². The Morgan fingerprint density at radius 1 is 0.763 bits per heavy atom. The predicted molar refractivity (Wildman–Crippen MR) is 230 cm³/mol. The quantitative estimate of drug-likeness (QED) is 0.0370. The summed E-state index contributed by atoms with van der Waals surface area (Å²) in [5.74, 6) is 4.92. The van der Waals surface area contributed by atoms with Crippen LogP contribution < -0.4 is 5.32 Å². The molecule has 4 aliphatic rings. The number of ether oxygens (including phenoxy) is 4. The number of nitrogens with one attached hydrogen (secondary N) is 1. The molecule has 13 nitrogen and oxygen atoms in total. The first kappa shape index (κ1) is 50.8. The van der Waals surface area contributed by atoms with Crippen molar-refractivity contribution in [3.8, 4) is 0 Å². The number of rotatable bonds is 29. The molecule has 3 saturated carbocycles. The minimum atomic E-state index is -4.15. The molecule has 0 aromatic rings. The van der Waals surface area contributed by atoms with Crippen molar-refractivity contribution in [2.24, 2.45) is 46.3 Å². The highest BCUT2D eigenvalue weighted by atomic mass is 31.2. The van der Waals surface area contributed by atoms with Gasteiger partial charge in [0.25, 0.3) is 0 Å². The van der Waals surface area contributed by atoms with Crippen LogP contribution in [0.25, 0.3) is 0 Å². The second-order valence-electron chi connectivity index (χ2n) is 18.9. The lowest BCUT2D eigenvalue weighted by molar-refractivity contribution is -0.0581. The minimum absolute atomic E-state index is 0.0595. The molecule has 0 aromatic heterocycles. The first-order valence-electron chi connectivity index (χ1n) is 23.0. The Bertz CT molecular complexity index is 1380. The van der Waals surface area contributed by atoms with Gasteiger partial charge in [0.05, 0.1) is 52.9 Å². The molecule has 10 atom stereocenters. The van der Waals surface area contributed by atoms with Gasteiger partial charge in [-0.15, -0.1) is 0 Å². The smallest absolute Gasteiger partial charge is 0.446 e. The van der Waals surface area contributed by atoms with Crippen LogP contribution in [0.15, 0.2) is 11.6 Å². The van der Waals surface area contributed by atoms with Gasteiger partial charge < -0.3 is 38.6 Å². The molecule has 0 bridgehead atoms. The van der Waals surface area contributed by atoms with Crippen molar-refractivity contribution in [1.29, 1.82) is 0 Å². The number of carbonyl (C=O) groups excluding carboxylic acids is 1. The molecular weight excluding hydrogens is 796 g/mol. The van der Waals surface area contributed by atoms with Crippen LogP contribution in [0.5, 0.6) is 0 Å². The van der Waals surface area contributed by atoms with Crippen LogP contribution in [-0.2, 0) is 41.6 Å². The molecule has 6 unspecified atom stereocenters. The number of alkyl carbamates (subject to hydrolysis) is 1. The third kappa shape index (κ3) is 16.7. The molecule has 344 valence electrons. The van der Waals surface area contributed by atoms with E-state index in [1.807, 2.05) is 0 Å². The summed E-state index contributed by atoms with van der Waals surface area (Å²) in [5.41, 5.74) is 2.27. The number of phosphoric acid groups is 1. The largest absolute Gasteiger partial charge is 0.472 e. The number of amides is 1. The second-order valence-corrected chi connectivity index (χ2v) is 22.2. The highest BCUT2D eigenvalue weighted by Crippen LogP contribution is 2.67. The number of hydrogen-bond acceptors (Lipinski definition) is 10. The van der Waals surface area contributed by atoms with Crippen LogP contribution in [0.2, 0.25) is 0 Å². The van der Waals surface area contributed by atoms with E-state index in [2.05, 4.69) is 46.0 Å². The summed E-state index contributed by atoms with van der Waals surface area (Å²) in [5, 5.41) is 2.91. The summed E-state index contributed by atoms with van der Waals surface area (Å²) < 4.78 is 60.1. The van der Waals surface area contributed by atoms with E-state index in [9.17, 15) is 18.8 Å². The van der Waals surface area contributed by atoms with Gasteiger partial charge in [-0.1, -0.05) is 78.4 Å². The molecule has 0 radical (unpaired) electrons. The van der Waals surface area contributed by atoms with Crippen LogP contribution in [-0.4, -0.2) is 94.7 Å². The summed E-state index contributed by atoms with van der Waals surface area (Å²) in [4.78, 5) is 31.5. The Kier molecular flexibility index (Phi) is 21.4. The van der Waals surface area contributed by atoms with Gasteiger partial charge in [-0.2, -0.15) is 0 Å². The van der Waals surface area contributed by atoms with Gasteiger partial charge in [0, 0.05) is 26.2 Å². The fraction of sp³-hybridized carbons (Fsp3) is 0.932. The average Bonchev–Trinajstić information content (AvgIpc) is 3.53. The normalized spacial score (nSPS) is 30.4. The van der Waals surface area contributed by atoms with Crippen molar-refractivity contribution in [3.63, 3.8) is 0 Å². The first-order chi connectivity index (χ1) is 28.0. The second kappa shape index (κ2) is 24.9. The molecule has 15 heteroatoms. The van der Waals surface area contributed by atoms with Crippen molar-refractivity contribution in [1.82, 2.24) is 5.32 Å². The van der Waals surface area contributed by atoms with E-state index in [1.165, 1.54) is 51.4 Å². The van der Waals surface area contributed by atoms with Crippen molar-refractivity contribution in [2.75, 3.05) is 72.7 Å².